The van der Waals surface area contributed by atoms with Crippen LogP contribution in [0.5, 0.6) is 0 Å². The van der Waals surface area contributed by atoms with Gasteiger partial charge >= 0.3 is 0 Å². The average Bonchev–Trinajstić information content (AvgIpc) is 3.07. The zero-order valence-corrected chi connectivity index (χ0v) is 15.2. The van der Waals surface area contributed by atoms with Crippen LogP contribution in [0.2, 0.25) is 0 Å². The summed E-state index contributed by atoms with van der Waals surface area (Å²) in [5.41, 5.74) is 0.213. The van der Waals surface area contributed by atoms with Gasteiger partial charge in [-0.1, -0.05) is 27.7 Å². The van der Waals surface area contributed by atoms with Crippen LogP contribution in [0.3, 0.4) is 0 Å². The fraction of sp³-hybridized carbons (Fsp3) is 0.824. The van der Waals surface area contributed by atoms with Gasteiger partial charge in [0.05, 0.1) is 19.8 Å². The van der Waals surface area contributed by atoms with E-state index in [1.54, 1.807) is 0 Å². The van der Waals surface area contributed by atoms with Crippen molar-refractivity contribution < 1.29 is 4.74 Å². The van der Waals surface area contributed by atoms with E-state index in [0.717, 1.165) is 38.8 Å². The Kier molecular flexibility index (Phi) is 4.88. The third kappa shape index (κ3) is 3.70. The molecule has 22 heavy (non-hydrogen) atoms. The van der Waals surface area contributed by atoms with Gasteiger partial charge in [-0.3, -0.25) is 9.80 Å². The number of hydrogen-bond donors (Lipinski definition) is 0. The Bertz CT molecular complexity index is 490. The van der Waals surface area contributed by atoms with Gasteiger partial charge in [-0.05, 0) is 11.3 Å². The van der Waals surface area contributed by atoms with Gasteiger partial charge in [-0.2, -0.15) is 0 Å². The largest absolute Gasteiger partial charge is 0.379 e. The van der Waals surface area contributed by atoms with Crippen molar-refractivity contribution in [3.05, 3.63) is 16.1 Å². The maximum Gasteiger partial charge on any atom is 0.107 e. The summed E-state index contributed by atoms with van der Waals surface area (Å²) >= 11 is 1.88. The Morgan fingerprint density at radius 2 is 2.00 bits per heavy atom. The van der Waals surface area contributed by atoms with Gasteiger partial charge in [0.25, 0.3) is 0 Å². The first-order chi connectivity index (χ1) is 10.4. The van der Waals surface area contributed by atoms with Crippen LogP contribution in [0.1, 0.15) is 37.6 Å². The predicted molar refractivity (Wildman–Crippen MR) is 91.4 cm³/mol. The quantitative estimate of drug-likeness (QED) is 0.855. The molecule has 1 aromatic heterocycles. The summed E-state index contributed by atoms with van der Waals surface area (Å²) < 4.78 is 5.49. The van der Waals surface area contributed by atoms with E-state index in [1.165, 1.54) is 23.0 Å². The molecule has 2 atom stereocenters. The number of morpholine rings is 1. The van der Waals surface area contributed by atoms with Crippen LogP contribution >= 0.6 is 11.3 Å². The van der Waals surface area contributed by atoms with Gasteiger partial charge in [-0.25, -0.2) is 4.98 Å². The lowest BCUT2D eigenvalue weighted by molar-refractivity contribution is 0.0118. The van der Waals surface area contributed by atoms with Gasteiger partial charge in [0.15, 0.2) is 0 Å². The van der Waals surface area contributed by atoms with E-state index in [-0.39, 0.29) is 5.41 Å². The highest BCUT2D eigenvalue weighted by Crippen LogP contribution is 2.30. The third-order valence-corrected chi connectivity index (χ3v) is 6.22. The van der Waals surface area contributed by atoms with Crippen LogP contribution in [-0.4, -0.2) is 60.2 Å². The summed E-state index contributed by atoms with van der Waals surface area (Å²) in [5.74, 6) is 0.736. The van der Waals surface area contributed by atoms with E-state index in [2.05, 4.69) is 48.7 Å². The molecule has 0 aliphatic carbocycles. The summed E-state index contributed by atoms with van der Waals surface area (Å²) in [6, 6.07) is 0.686. The molecule has 0 bridgehead atoms. The SMILES string of the molecule is C[C@@H]1CN(Cc2ncc(C(C)(C)C)s2)C[C@H]1N1CCOCC1. The number of nitrogens with zero attached hydrogens (tertiary/aromatic N) is 3. The first-order valence-corrected chi connectivity index (χ1v) is 9.24. The zero-order chi connectivity index (χ0) is 15.7. The first kappa shape index (κ1) is 16.4. The van der Waals surface area contributed by atoms with Crippen LogP contribution in [0.15, 0.2) is 6.20 Å². The molecule has 0 saturated carbocycles. The van der Waals surface area contributed by atoms with Crippen molar-refractivity contribution in [2.75, 3.05) is 39.4 Å². The molecule has 3 heterocycles. The van der Waals surface area contributed by atoms with E-state index in [4.69, 9.17) is 4.74 Å². The van der Waals surface area contributed by atoms with Crippen molar-refractivity contribution in [2.24, 2.45) is 5.92 Å². The summed E-state index contributed by atoms with van der Waals surface area (Å²) in [6.45, 7) is 16.5. The number of likely N-dealkylation sites (tertiary alicyclic amines) is 1. The average molecular weight is 324 g/mol. The molecular weight excluding hydrogens is 294 g/mol. The lowest BCUT2D eigenvalue weighted by atomic mass is 9.96. The number of thiazole rings is 1. The van der Waals surface area contributed by atoms with Gasteiger partial charge in [0.1, 0.15) is 5.01 Å². The van der Waals surface area contributed by atoms with Crippen molar-refractivity contribution >= 4 is 11.3 Å². The topological polar surface area (TPSA) is 28.6 Å². The molecule has 2 saturated heterocycles. The molecule has 0 spiro atoms. The number of hydrogen-bond acceptors (Lipinski definition) is 5. The molecule has 2 fully saturated rings. The number of rotatable bonds is 3. The molecule has 0 amide bonds. The second-order valence-electron chi connectivity index (χ2n) is 7.76. The second-order valence-corrected chi connectivity index (χ2v) is 8.87. The van der Waals surface area contributed by atoms with E-state index in [9.17, 15) is 0 Å². The number of aromatic nitrogens is 1. The van der Waals surface area contributed by atoms with Crippen LogP contribution in [-0.2, 0) is 16.7 Å². The van der Waals surface area contributed by atoms with Gasteiger partial charge in [-0.15, -0.1) is 11.3 Å². The predicted octanol–water partition coefficient (Wildman–Crippen LogP) is 2.59. The molecule has 1 aromatic rings. The lowest BCUT2D eigenvalue weighted by Crippen LogP contribution is -2.46. The highest BCUT2D eigenvalue weighted by Gasteiger charge is 2.34. The summed E-state index contributed by atoms with van der Waals surface area (Å²) in [4.78, 5) is 11.2. The Morgan fingerprint density at radius 3 is 2.64 bits per heavy atom. The number of ether oxygens (including phenoxy) is 1. The molecule has 2 aliphatic rings. The van der Waals surface area contributed by atoms with E-state index in [0.29, 0.717) is 6.04 Å². The molecule has 2 aliphatic heterocycles. The molecule has 5 heteroatoms. The van der Waals surface area contributed by atoms with Crippen LogP contribution in [0.25, 0.3) is 0 Å². The fourth-order valence-corrected chi connectivity index (χ4v) is 4.50. The third-order valence-electron chi connectivity index (χ3n) is 4.81. The zero-order valence-electron chi connectivity index (χ0n) is 14.3. The van der Waals surface area contributed by atoms with E-state index < -0.39 is 0 Å². The summed E-state index contributed by atoms with van der Waals surface area (Å²) in [6.07, 6.45) is 2.07. The van der Waals surface area contributed by atoms with Crippen LogP contribution < -0.4 is 0 Å². The standard InChI is InChI=1S/C17H29N3OS/c1-13-10-19(11-14(13)20-5-7-21-8-6-20)12-16-18-9-15(22-16)17(2,3)4/h9,13-14H,5-8,10-12H2,1-4H3/t13-,14-/m1/s1. The Balaban J connectivity index is 1.59. The van der Waals surface area contributed by atoms with Crippen molar-refractivity contribution in [1.29, 1.82) is 0 Å². The lowest BCUT2D eigenvalue weighted by Gasteiger charge is -2.34. The smallest absolute Gasteiger partial charge is 0.107 e. The van der Waals surface area contributed by atoms with E-state index in [1.807, 2.05) is 11.3 Å². The second kappa shape index (κ2) is 6.56. The summed E-state index contributed by atoms with van der Waals surface area (Å²) in [7, 11) is 0. The minimum absolute atomic E-state index is 0.213. The maximum atomic E-state index is 5.49. The van der Waals surface area contributed by atoms with Crippen molar-refractivity contribution in [2.45, 2.75) is 45.7 Å². The minimum atomic E-state index is 0.213. The van der Waals surface area contributed by atoms with Gasteiger partial charge in [0.2, 0.25) is 0 Å². The van der Waals surface area contributed by atoms with Gasteiger partial charge in [0, 0.05) is 43.3 Å². The molecule has 124 valence electrons. The molecule has 0 unspecified atom stereocenters. The molecular formula is C17H29N3OS. The molecule has 3 rings (SSSR count). The van der Waals surface area contributed by atoms with Gasteiger partial charge < -0.3 is 4.74 Å². The van der Waals surface area contributed by atoms with Crippen molar-refractivity contribution in [1.82, 2.24) is 14.8 Å². The first-order valence-electron chi connectivity index (χ1n) is 8.43. The van der Waals surface area contributed by atoms with Crippen LogP contribution in [0.4, 0.5) is 0 Å². The molecule has 0 radical (unpaired) electrons. The Labute approximate surface area is 138 Å². The monoisotopic (exact) mass is 323 g/mol. The Hall–Kier alpha value is -0.490. The van der Waals surface area contributed by atoms with Crippen molar-refractivity contribution in [3.8, 4) is 0 Å². The van der Waals surface area contributed by atoms with E-state index >= 15 is 0 Å². The highest BCUT2D eigenvalue weighted by atomic mass is 32.1. The summed E-state index contributed by atoms with van der Waals surface area (Å²) in [5, 5.41) is 1.26. The normalized spacial score (nSPS) is 28.4. The Morgan fingerprint density at radius 1 is 1.27 bits per heavy atom. The molecule has 0 aromatic carbocycles. The van der Waals surface area contributed by atoms with Crippen LogP contribution in [0, 0.1) is 5.92 Å². The highest BCUT2D eigenvalue weighted by molar-refractivity contribution is 7.11. The fourth-order valence-electron chi connectivity index (χ4n) is 3.48. The maximum absolute atomic E-state index is 5.49. The van der Waals surface area contributed by atoms with Crippen molar-refractivity contribution in [3.63, 3.8) is 0 Å². The molecule has 4 nitrogen and oxygen atoms in total. The molecule has 0 N–H and O–H groups in total. The minimum Gasteiger partial charge on any atom is -0.379 e.